The second-order valence-electron chi connectivity index (χ2n) is 3.71. The van der Waals surface area contributed by atoms with E-state index in [1.807, 2.05) is 19.2 Å². The number of rotatable bonds is 6. The van der Waals surface area contributed by atoms with Crippen LogP contribution in [0.3, 0.4) is 0 Å². The summed E-state index contributed by atoms with van der Waals surface area (Å²) in [5.74, 6) is 0.279. The lowest BCUT2D eigenvalue weighted by Crippen LogP contribution is -2.21. The number of para-hydroxylation sites is 1. The van der Waals surface area contributed by atoms with Gasteiger partial charge in [-0.1, -0.05) is 18.2 Å². The number of alkyl halides is 2. The Kier molecular flexibility index (Phi) is 5.19. The van der Waals surface area contributed by atoms with Crippen LogP contribution in [-0.4, -0.2) is 19.7 Å². The second-order valence-corrected chi connectivity index (χ2v) is 3.71. The summed E-state index contributed by atoms with van der Waals surface area (Å²) >= 11 is 0. The average Bonchev–Trinajstić information content (AvgIpc) is 2.26. The summed E-state index contributed by atoms with van der Waals surface area (Å²) in [6, 6.07) is 7.28. The molecule has 2 nitrogen and oxygen atoms in total. The van der Waals surface area contributed by atoms with Crippen molar-refractivity contribution in [3.63, 3.8) is 0 Å². The number of hydrogen-bond acceptors (Lipinski definition) is 2. The van der Waals surface area contributed by atoms with Gasteiger partial charge in [-0.3, -0.25) is 0 Å². The number of halogens is 2. The molecule has 0 aromatic heterocycles. The van der Waals surface area contributed by atoms with Crippen molar-refractivity contribution in [3.8, 4) is 5.75 Å². The van der Waals surface area contributed by atoms with E-state index in [9.17, 15) is 8.78 Å². The van der Waals surface area contributed by atoms with Crippen molar-refractivity contribution in [1.29, 1.82) is 0 Å². The lowest BCUT2D eigenvalue weighted by atomic mass is 10.1. The Morgan fingerprint density at radius 3 is 2.62 bits per heavy atom. The highest BCUT2D eigenvalue weighted by molar-refractivity contribution is 5.33. The summed E-state index contributed by atoms with van der Waals surface area (Å²) in [5.41, 5.74) is 0.824. The highest BCUT2D eigenvalue weighted by atomic mass is 19.3. The molecule has 0 bridgehead atoms. The minimum absolute atomic E-state index is 0.279. The molecule has 1 atom stereocenters. The van der Waals surface area contributed by atoms with Gasteiger partial charge in [0.2, 0.25) is 0 Å². The van der Waals surface area contributed by atoms with Crippen molar-refractivity contribution in [1.82, 2.24) is 5.32 Å². The van der Waals surface area contributed by atoms with Crippen LogP contribution in [0.4, 0.5) is 8.78 Å². The van der Waals surface area contributed by atoms with E-state index in [0.717, 1.165) is 18.4 Å². The molecule has 1 unspecified atom stereocenters. The average molecular weight is 229 g/mol. The van der Waals surface area contributed by atoms with E-state index < -0.39 is 6.61 Å². The second kappa shape index (κ2) is 6.43. The Labute approximate surface area is 94.6 Å². The summed E-state index contributed by atoms with van der Waals surface area (Å²) in [6.07, 6.45) is 1.62. The maximum atomic E-state index is 12.1. The molecule has 1 N–H and O–H groups in total. The number of nitrogens with one attached hydrogen (secondary N) is 1. The molecular formula is C12H17F2NO. The summed E-state index contributed by atoms with van der Waals surface area (Å²) < 4.78 is 28.7. The summed E-state index contributed by atoms with van der Waals surface area (Å²) in [6.45, 7) is -0.709. The van der Waals surface area contributed by atoms with Crippen LogP contribution in [0.15, 0.2) is 24.3 Å². The van der Waals surface area contributed by atoms with Gasteiger partial charge in [-0.25, -0.2) is 0 Å². The van der Waals surface area contributed by atoms with E-state index >= 15 is 0 Å². The molecule has 90 valence electrons. The Balaban J connectivity index is 2.63. The van der Waals surface area contributed by atoms with E-state index in [0.29, 0.717) is 6.04 Å². The maximum absolute atomic E-state index is 12.1. The summed E-state index contributed by atoms with van der Waals surface area (Å²) in [4.78, 5) is 0. The number of hydrogen-bond donors (Lipinski definition) is 1. The lowest BCUT2D eigenvalue weighted by Gasteiger charge is -2.13. The molecule has 1 rings (SSSR count). The number of benzene rings is 1. The fraction of sp³-hybridized carbons (Fsp3) is 0.500. The number of ether oxygens (including phenoxy) is 1. The smallest absolute Gasteiger partial charge is 0.387 e. The van der Waals surface area contributed by atoms with Gasteiger partial charge in [0.05, 0.1) is 0 Å². The van der Waals surface area contributed by atoms with Crippen LogP contribution in [0.5, 0.6) is 5.75 Å². The largest absolute Gasteiger partial charge is 0.435 e. The molecule has 0 aliphatic carbocycles. The van der Waals surface area contributed by atoms with Crippen molar-refractivity contribution < 1.29 is 13.5 Å². The molecule has 0 fully saturated rings. The fourth-order valence-corrected chi connectivity index (χ4v) is 1.44. The van der Waals surface area contributed by atoms with Gasteiger partial charge in [-0.15, -0.1) is 0 Å². The molecular weight excluding hydrogens is 212 g/mol. The van der Waals surface area contributed by atoms with E-state index in [1.54, 1.807) is 12.1 Å². The molecule has 0 heterocycles. The summed E-state index contributed by atoms with van der Waals surface area (Å²) in [7, 11) is 1.88. The molecule has 0 spiro atoms. The van der Waals surface area contributed by atoms with E-state index in [1.165, 1.54) is 0 Å². The van der Waals surface area contributed by atoms with E-state index in [-0.39, 0.29) is 5.75 Å². The predicted octanol–water partition coefficient (Wildman–Crippen LogP) is 2.83. The normalized spacial score (nSPS) is 12.8. The molecule has 1 aromatic carbocycles. The van der Waals surface area contributed by atoms with Crippen molar-refractivity contribution in [2.24, 2.45) is 0 Å². The zero-order valence-corrected chi connectivity index (χ0v) is 9.54. The Hall–Kier alpha value is -1.16. The molecule has 0 saturated heterocycles. The maximum Gasteiger partial charge on any atom is 0.387 e. The SMILES string of the molecule is CNC(C)CCc1ccccc1OC(F)F. The first-order valence-electron chi connectivity index (χ1n) is 5.33. The van der Waals surface area contributed by atoms with Crippen molar-refractivity contribution in [3.05, 3.63) is 29.8 Å². The third-order valence-corrected chi connectivity index (χ3v) is 2.53. The van der Waals surface area contributed by atoms with Gasteiger partial charge in [-0.2, -0.15) is 8.78 Å². The minimum atomic E-state index is -2.76. The molecule has 0 radical (unpaired) electrons. The van der Waals surface area contributed by atoms with Gasteiger partial charge >= 0.3 is 6.61 Å². The van der Waals surface area contributed by atoms with Crippen LogP contribution >= 0.6 is 0 Å². The summed E-state index contributed by atoms with van der Waals surface area (Å²) in [5, 5.41) is 3.11. The van der Waals surface area contributed by atoms with Crippen LogP contribution in [0.2, 0.25) is 0 Å². The third kappa shape index (κ3) is 4.14. The monoisotopic (exact) mass is 229 g/mol. The van der Waals surface area contributed by atoms with Crippen molar-refractivity contribution >= 4 is 0 Å². The van der Waals surface area contributed by atoms with Crippen molar-refractivity contribution in [2.75, 3.05) is 7.05 Å². The first-order valence-corrected chi connectivity index (χ1v) is 5.33. The topological polar surface area (TPSA) is 21.3 Å². The Morgan fingerprint density at radius 2 is 2.00 bits per heavy atom. The molecule has 0 aliphatic rings. The molecule has 4 heteroatoms. The highest BCUT2D eigenvalue weighted by Crippen LogP contribution is 2.21. The quantitative estimate of drug-likeness (QED) is 0.809. The fourth-order valence-electron chi connectivity index (χ4n) is 1.44. The van der Waals surface area contributed by atoms with Gasteiger partial charge in [-0.05, 0) is 38.4 Å². The molecule has 0 aliphatic heterocycles. The van der Waals surface area contributed by atoms with Gasteiger partial charge in [0, 0.05) is 6.04 Å². The van der Waals surface area contributed by atoms with E-state index in [2.05, 4.69) is 17.0 Å². The number of aryl methyl sites for hydroxylation is 1. The van der Waals surface area contributed by atoms with E-state index in [4.69, 9.17) is 0 Å². The standard InChI is InChI=1S/C12H17F2NO/c1-9(15-2)7-8-10-5-3-4-6-11(10)16-12(13)14/h3-6,9,12,15H,7-8H2,1-2H3. The lowest BCUT2D eigenvalue weighted by molar-refractivity contribution is -0.0504. The van der Waals surface area contributed by atoms with Crippen molar-refractivity contribution in [2.45, 2.75) is 32.4 Å². The zero-order valence-electron chi connectivity index (χ0n) is 9.54. The molecule has 1 aromatic rings. The third-order valence-electron chi connectivity index (χ3n) is 2.53. The van der Waals surface area contributed by atoms with Gasteiger partial charge in [0.1, 0.15) is 5.75 Å². The zero-order chi connectivity index (χ0) is 12.0. The Morgan fingerprint density at radius 1 is 1.31 bits per heavy atom. The first kappa shape index (κ1) is 12.9. The van der Waals surface area contributed by atoms with Crippen LogP contribution < -0.4 is 10.1 Å². The van der Waals surface area contributed by atoms with Gasteiger partial charge < -0.3 is 10.1 Å². The molecule has 0 saturated carbocycles. The highest BCUT2D eigenvalue weighted by Gasteiger charge is 2.09. The first-order chi connectivity index (χ1) is 7.63. The van der Waals surface area contributed by atoms with Crippen LogP contribution in [0.1, 0.15) is 18.9 Å². The van der Waals surface area contributed by atoms with Gasteiger partial charge in [0.15, 0.2) is 0 Å². The van der Waals surface area contributed by atoms with Crippen LogP contribution in [0.25, 0.3) is 0 Å². The van der Waals surface area contributed by atoms with Crippen LogP contribution in [0, 0.1) is 0 Å². The molecule has 0 amide bonds. The van der Waals surface area contributed by atoms with Crippen LogP contribution in [-0.2, 0) is 6.42 Å². The van der Waals surface area contributed by atoms with Gasteiger partial charge in [0.25, 0.3) is 0 Å². The Bertz CT molecular complexity index is 318. The molecule has 16 heavy (non-hydrogen) atoms. The minimum Gasteiger partial charge on any atom is -0.435 e. The predicted molar refractivity (Wildman–Crippen MR) is 59.9 cm³/mol.